The summed E-state index contributed by atoms with van der Waals surface area (Å²) in [5.41, 5.74) is 3.11. The van der Waals surface area contributed by atoms with Crippen molar-refractivity contribution in [2.75, 3.05) is 67.2 Å². The number of nitrogens with one attached hydrogen (secondary N) is 1. The molecule has 282 valence electrons. The highest BCUT2D eigenvalue weighted by Gasteiger charge is 2.55. The van der Waals surface area contributed by atoms with E-state index >= 15 is 0 Å². The zero-order valence-corrected chi connectivity index (χ0v) is 33.4. The molecule has 7 atom stereocenters. The van der Waals surface area contributed by atoms with Gasteiger partial charge in [0, 0.05) is 55.0 Å². The third kappa shape index (κ3) is 9.56. The van der Waals surface area contributed by atoms with Crippen LogP contribution in [0.1, 0.15) is 80.3 Å². The molecule has 0 radical (unpaired) electrons. The van der Waals surface area contributed by atoms with Gasteiger partial charge in [0.1, 0.15) is 17.6 Å². The number of methoxy groups -OCH3 is 1. The zero-order valence-electron chi connectivity index (χ0n) is 31.9. The molecule has 0 aromatic heterocycles. The van der Waals surface area contributed by atoms with E-state index in [0.29, 0.717) is 35.2 Å². The summed E-state index contributed by atoms with van der Waals surface area (Å²) in [6.07, 6.45) is 12.3. The second kappa shape index (κ2) is 18.3. The Morgan fingerprint density at radius 1 is 1.22 bits per heavy atom. The lowest BCUT2D eigenvalue weighted by molar-refractivity contribution is -0.215. The standard InChI is InChI=1S/C42H62ClN3O4S/c1-8-10-34-23-37(43)15-18-39(34)36(27-50-38-16-12-33(26-47)13-17-38)25-45(5)24-35-14-19-40(35)42(48-6,28-46-22-21-41(46)29-49-30-41)20-9-11-31(2)32(3)51(7)44-4/h9,12-13,15-18,20,23,26,31-32,35-36,40,44H,7-8,10-11,14,19,21-22,24-25,27-30H2,1-6H3/b20-9+. The molecule has 2 aromatic rings. The highest BCUT2D eigenvalue weighted by Crippen LogP contribution is 2.48. The summed E-state index contributed by atoms with van der Waals surface area (Å²) in [5, 5.41) is 1.27. The first-order chi connectivity index (χ1) is 24.6. The van der Waals surface area contributed by atoms with Crippen LogP contribution in [0, 0.1) is 17.8 Å². The van der Waals surface area contributed by atoms with Gasteiger partial charge in [-0.25, -0.2) is 0 Å². The number of hydrogen-bond donors (Lipinski definition) is 1. The monoisotopic (exact) mass is 739 g/mol. The summed E-state index contributed by atoms with van der Waals surface area (Å²) in [4.78, 5) is 16.4. The molecule has 5 rings (SSSR count). The molecule has 2 aliphatic heterocycles. The quantitative estimate of drug-likeness (QED) is 0.0794. The number of carbonyl (C=O) groups is 1. The smallest absolute Gasteiger partial charge is 0.150 e. The van der Waals surface area contributed by atoms with Gasteiger partial charge in [0.2, 0.25) is 0 Å². The lowest BCUT2D eigenvalue weighted by atomic mass is 9.63. The van der Waals surface area contributed by atoms with E-state index in [1.54, 1.807) is 0 Å². The van der Waals surface area contributed by atoms with Gasteiger partial charge in [0.15, 0.2) is 0 Å². The molecular weight excluding hydrogens is 678 g/mol. The number of likely N-dealkylation sites (N-methyl/N-ethyl adjacent to an activating group) is 1. The van der Waals surface area contributed by atoms with E-state index in [2.05, 4.69) is 72.5 Å². The summed E-state index contributed by atoms with van der Waals surface area (Å²) in [6, 6.07) is 13.7. The number of ether oxygens (including phenoxy) is 3. The van der Waals surface area contributed by atoms with Crippen LogP contribution in [-0.4, -0.2) is 106 Å². The zero-order chi connectivity index (χ0) is 36.6. The van der Waals surface area contributed by atoms with Crippen molar-refractivity contribution < 1.29 is 19.0 Å². The molecule has 2 heterocycles. The highest BCUT2D eigenvalue weighted by molar-refractivity contribution is 8.12. The maximum absolute atomic E-state index is 11.2. The van der Waals surface area contributed by atoms with Crippen LogP contribution < -0.4 is 9.46 Å². The van der Waals surface area contributed by atoms with Gasteiger partial charge >= 0.3 is 0 Å². The highest BCUT2D eigenvalue weighted by atomic mass is 35.5. The van der Waals surface area contributed by atoms with Gasteiger partial charge in [-0.2, -0.15) is 0 Å². The van der Waals surface area contributed by atoms with Crippen molar-refractivity contribution >= 4 is 34.4 Å². The van der Waals surface area contributed by atoms with Crippen LogP contribution in [0.5, 0.6) is 5.75 Å². The van der Waals surface area contributed by atoms with Crippen LogP contribution in [0.2, 0.25) is 5.02 Å². The summed E-state index contributed by atoms with van der Waals surface area (Å²) < 4.78 is 22.2. The Bertz CT molecular complexity index is 1480. The topological polar surface area (TPSA) is 63.3 Å². The van der Waals surface area contributed by atoms with Gasteiger partial charge in [-0.1, -0.05) is 62.9 Å². The first kappa shape index (κ1) is 40.2. The van der Waals surface area contributed by atoms with Crippen molar-refractivity contribution in [2.45, 2.75) is 81.6 Å². The number of rotatable bonds is 21. The lowest BCUT2D eigenvalue weighted by Crippen LogP contribution is -2.73. The summed E-state index contributed by atoms with van der Waals surface area (Å²) in [5.74, 6) is 6.75. The molecule has 2 saturated heterocycles. The Morgan fingerprint density at radius 3 is 2.55 bits per heavy atom. The number of nitrogens with zero attached hydrogens (tertiary/aromatic N) is 2. The van der Waals surface area contributed by atoms with Crippen LogP contribution in [-0.2, 0) is 15.9 Å². The second-order valence-electron chi connectivity index (χ2n) is 15.5. The number of aryl methyl sites for hydroxylation is 1. The molecule has 1 N–H and O–H groups in total. The largest absolute Gasteiger partial charge is 0.493 e. The van der Waals surface area contributed by atoms with Crippen LogP contribution in [0.25, 0.3) is 0 Å². The molecule has 7 unspecified atom stereocenters. The molecule has 0 bridgehead atoms. The number of hydrogen-bond acceptors (Lipinski definition) is 7. The van der Waals surface area contributed by atoms with E-state index in [1.165, 1.54) is 30.4 Å². The van der Waals surface area contributed by atoms with Gasteiger partial charge in [-0.15, -0.1) is 10.7 Å². The molecule has 1 spiro atoms. The third-order valence-electron chi connectivity index (χ3n) is 12.2. The Hall–Kier alpha value is -2.04. The van der Waals surface area contributed by atoms with Crippen molar-refractivity contribution in [2.24, 2.45) is 17.8 Å². The average molecular weight is 740 g/mol. The van der Waals surface area contributed by atoms with Crippen LogP contribution in [0.3, 0.4) is 0 Å². The van der Waals surface area contributed by atoms with Crippen molar-refractivity contribution in [1.29, 1.82) is 0 Å². The van der Waals surface area contributed by atoms with E-state index in [-0.39, 0.29) is 27.7 Å². The maximum atomic E-state index is 11.2. The van der Waals surface area contributed by atoms with Crippen molar-refractivity contribution in [3.8, 4) is 5.75 Å². The second-order valence-corrected chi connectivity index (χ2v) is 17.9. The SMILES string of the molecule is C=S(NC)C(C)C(C)C/C=C/C(CN1CCC12COC2)(OC)C1CCC1CN(C)CC(COc1ccc(C=O)cc1)c1ccc(Cl)cc1CCC. The molecule has 7 nitrogen and oxygen atoms in total. The van der Waals surface area contributed by atoms with Gasteiger partial charge < -0.3 is 19.1 Å². The van der Waals surface area contributed by atoms with Crippen molar-refractivity contribution in [3.05, 3.63) is 76.3 Å². The summed E-state index contributed by atoms with van der Waals surface area (Å²) in [6.45, 7) is 13.0. The van der Waals surface area contributed by atoms with Crippen molar-refractivity contribution in [1.82, 2.24) is 14.5 Å². The maximum Gasteiger partial charge on any atom is 0.150 e. The van der Waals surface area contributed by atoms with Gasteiger partial charge in [-0.05, 0) is 111 Å². The van der Waals surface area contributed by atoms with Crippen LogP contribution in [0.4, 0.5) is 0 Å². The molecule has 1 aliphatic carbocycles. The van der Waals surface area contributed by atoms with Gasteiger partial charge in [0.25, 0.3) is 0 Å². The normalized spacial score (nSPS) is 23.5. The summed E-state index contributed by atoms with van der Waals surface area (Å²) in [7, 11) is 6.15. The van der Waals surface area contributed by atoms with E-state index < -0.39 is 0 Å². The lowest BCUT2D eigenvalue weighted by Gasteiger charge is -2.61. The first-order valence-corrected chi connectivity index (χ1v) is 20.8. The fraction of sp³-hybridized carbons (Fsp3) is 0.619. The molecule has 3 fully saturated rings. The molecule has 0 amide bonds. The predicted octanol–water partition coefficient (Wildman–Crippen LogP) is 7.89. The number of carbonyl (C=O) groups excluding carboxylic acids is 1. The van der Waals surface area contributed by atoms with Gasteiger partial charge in [-0.3, -0.25) is 14.4 Å². The van der Waals surface area contributed by atoms with E-state index in [1.807, 2.05) is 44.5 Å². The fourth-order valence-electron chi connectivity index (χ4n) is 8.33. The van der Waals surface area contributed by atoms with E-state index in [9.17, 15) is 4.79 Å². The Labute approximate surface area is 315 Å². The average Bonchev–Trinajstić information content (AvgIpc) is 3.09. The van der Waals surface area contributed by atoms with Crippen LogP contribution >= 0.6 is 22.3 Å². The Balaban J connectivity index is 1.32. The predicted molar refractivity (Wildman–Crippen MR) is 215 cm³/mol. The first-order valence-electron chi connectivity index (χ1n) is 19.0. The third-order valence-corrected chi connectivity index (χ3v) is 14.3. The minimum Gasteiger partial charge on any atom is -0.493 e. The molecule has 3 aliphatic rings. The number of aldehydes is 1. The number of benzene rings is 2. The Kier molecular flexibility index (Phi) is 14.4. The Morgan fingerprint density at radius 2 is 1.98 bits per heavy atom. The number of allylic oxidation sites excluding steroid dienone is 1. The molecular formula is C42H62ClN3O4S. The minimum atomic E-state index is -0.342. The molecule has 2 aromatic carbocycles. The van der Waals surface area contributed by atoms with Crippen molar-refractivity contribution in [3.63, 3.8) is 0 Å². The van der Waals surface area contributed by atoms with E-state index in [4.69, 9.17) is 25.8 Å². The number of likely N-dealkylation sites (tertiary alicyclic amines) is 1. The summed E-state index contributed by atoms with van der Waals surface area (Å²) >= 11 is 6.50. The molecule has 1 saturated carbocycles. The molecule has 9 heteroatoms. The fourth-order valence-corrected chi connectivity index (χ4v) is 9.57. The minimum absolute atomic E-state index is 0.0537. The van der Waals surface area contributed by atoms with Crippen LogP contribution in [0.15, 0.2) is 54.6 Å². The van der Waals surface area contributed by atoms with Gasteiger partial charge in [0.05, 0.1) is 25.4 Å². The molecule has 51 heavy (non-hydrogen) atoms. The van der Waals surface area contributed by atoms with E-state index in [0.717, 1.165) is 75.7 Å². The number of halogens is 1.